The van der Waals surface area contributed by atoms with E-state index in [4.69, 9.17) is 11.6 Å². The second-order valence-corrected chi connectivity index (χ2v) is 3.46. The Bertz CT molecular complexity index is 280. The highest BCUT2D eigenvalue weighted by atomic mass is 35.5. The lowest BCUT2D eigenvalue weighted by molar-refractivity contribution is 0.698. The molecule has 4 heteroatoms. The highest BCUT2D eigenvalue weighted by molar-refractivity contribution is 6.29. The fraction of sp³-hybridized carbons (Fsp3) is 0.444. The predicted octanol–water partition coefficient (Wildman–Crippen LogP) is 1.30. The van der Waals surface area contributed by atoms with Crippen LogP contribution in [0.5, 0.6) is 0 Å². The van der Waals surface area contributed by atoms with Crippen LogP contribution in [0, 0.1) is 0 Å². The molecule has 0 amide bonds. The van der Waals surface area contributed by atoms with Crippen molar-refractivity contribution in [1.29, 1.82) is 0 Å². The van der Waals surface area contributed by atoms with Crippen LogP contribution in [-0.4, -0.2) is 22.9 Å². The lowest BCUT2D eigenvalue weighted by Crippen LogP contribution is -2.18. The van der Waals surface area contributed by atoms with E-state index in [1.54, 1.807) is 4.68 Å². The van der Waals surface area contributed by atoms with Crippen molar-refractivity contribution >= 4 is 11.6 Å². The average Bonchev–Trinajstić information content (AvgIpc) is 2.45. The molecule has 72 valence electrons. The van der Waals surface area contributed by atoms with E-state index in [2.05, 4.69) is 17.0 Å². The molecule has 0 fully saturated rings. The molecule has 3 nitrogen and oxygen atoms in total. The van der Waals surface area contributed by atoms with E-state index in [1.807, 2.05) is 19.3 Å². The molecule has 0 aliphatic heterocycles. The Morgan fingerprint density at radius 3 is 3.08 bits per heavy atom. The molecule has 0 unspecified atom stereocenters. The van der Waals surface area contributed by atoms with Crippen LogP contribution in [-0.2, 0) is 13.5 Å². The van der Waals surface area contributed by atoms with Crippen molar-refractivity contribution in [3.8, 4) is 0 Å². The molecule has 13 heavy (non-hydrogen) atoms. The molecule has 1 N–H and O–H groups in total. The fourth-order valence-corrected chi connectivity index (χ4v) is 1.13. The molecule has 0 spiro atoms. The maximum absolute atomic E-state index is 5.59. The van der Waals surface area contributed by atoms with Gasteiger partial charge < -0.3 is 5.32 Å². The second kappa shape index (κ2) is 5.04. The first-order valence-electron chi connectivity index (χ1n) is 4.21. The highest BCUT2D eigenvalue weighted by Crippen LogP contribution is 1.95. The van der Waals surface area contributed by atoms with E-state index < -0.39 is 0 Å². The summed E-state index contributed by atoms with van der Waals surface area (Å²) in [6.45, 7) is 5.13. The van der Waals surface area contributed by atoms with Gasteiger partial charge in [0.25, 0.3) is 0 Å². The van der Waals surface area contributed by atoms with Gasteiger partial charge in [-0.05, 0) is 6.07 Å². The summed E-state index contributed by atoms with van der Waals surface area (Å²) in [5.74, 6) is 0. The van der Waals surface area contributed by atoms with Crippen molar-refractivity contribution in [1.82, 2.24) is 15.1 Å². The van der Waals surface area contributed by atoms with Gasteiger partial charge in [0, 0.05) is 37.8 Å². The maximum Gasteiger partial charge on any atom is 0.0637 e. The normalized spacial score (nSPS) is 10.3. The largest absolute Gasteiger partial charge is 0.311 e. The minimum Gasteiger partial charge on any atom is -0.311 e. The van der Waals surface area contributed by atoms with E-state index in [0.29, 0.717) is 11.6 Å². The summed E-state index contributed by atoms with van der Waals surface area (Å²) >= 11 is 5.59. The van der Waals surface area contributed by atoms with Gasteiger partial charge >= 0.3 is 0 Å². The molecule has 0 aromatic carbocycles. The highest BCUT2D eigenvalue weighted by Gasteiger charge is 1.95. The molecule has 1 aromatic heterocycles. The van der Waals surface area contributed by atoms with Crippen LogP contribution in [0.25, 0.3) is 0 Å². The molecule has 0 saturated carbocycles. The number of nitrogens with zero attached hydrogens (tertiary/aromatic N) is 2. The van der Waals surface area contributed by atoms with Crippen molar-refractivity contribution in [3.63, 3.8) is 0 Å². The third-order valence-electron chi connectivity index (χ3n) is 1.64. The van der Waals surface area contributed by atoms with Gasteiger partial charge in [0.05, 0.1) is 5.69 Å². The van der Waals surface area contributed by atoms with Crippen LogP contribution >= 0.6 is 11.6 Å². The molecule has 0 bridgehead atoms. The minimum atomic E-state index is 0.640. The molecule has 1 heterocycles. The first-order chi connectivity index (χ1) is 6.18. The van der Waals surface area contributed by atoms with Crippen molar-refractivity contribution in [2.45, 2.75) is 6.42 Å². The summed E-state index contributed by atoms with van der Waals surface area (Å²) < 4.78 is 1.80. The van der Waals surface area contributed by atoms with E-state index in [1.165, 1.54) is 0 Å². The molecule has 0 atom stereocenters. The first-order valence-corrected chi connectivity index (χ1v) is 4.59. The Hall–Kier alpha value is -0.800. The van der Waals surface area contributed by atoms with Gasteiger partial charge in [-0.15, -0.1) is 0 Å². The smallest absolute Gasteiger partial charge is 0.0637 e. The third kappa shape index (κ3) is 4.10. The molecule has 0 saturated heterocycles. The Labute approximate surface area is 83.4 Å². The van der Waals surface area contributed by atoms with Crippen LogP contribution < -0.4 is 5.32 Å². The van der Waals surface area contributed by atoms with E-state index in [0.717, 1.165) is 18.7 Å². The zero-order valence-corrected chi connectivity index (χ0v) is 8.51. The standard InChI is InChI=1S/C9H14ClN3/c1-8(10)7-11-5-3-9-4-6-13(2)12-9/h4,6,11H,1,3,5,7H2,2H3. The minimum absolute atomic E-state index is 0.640. The topological polar surface area (TPSA) is 29.9 Å². The summed E-state index contributed by atoms with van der Waals surface area (Å²) in [6, 6.07) is 2.01. The van der Waals surface area contributed by atoms with E-state index >= 15 is 0 Å². The van der Waals surface area contributed by atoms with Gasteiger partial charge in [-0.1, -0.05) is 18.2 Å². The summed E-state index contributed by atoms with van der Waals surface area (Å²) in [5, 5.41) is 8.05. The van der Waals surface area contributed by atoms with Gasteiger partial charge in [0.1, 0.15) is 0 Å². The monoisotopic (exact) mass is 199 g/mol. The van der Waals surface area contributed by atoms with Crippen molar-refractivity contribution in [2.24, 2.45) is 7.05 Å². The Kier molecular flexibility index (Phi) is 3.99. The predicted molar refractivity (Wildman–Crippen MR) is 54.8 cm³/mol. The summed E-state index contributed by atoms with van der Waals surface area (Å²) in [7, 11) is 1.91. The SMILES string of the molecule is C=C(Cl)CNCCc1ccn(C)n1. The Morgan fingerprint density at radius 1 is 1.77 bits per heavy atom. The molecule has 1 rings (SSSR count). The Morgan fingerprint density at radius 2 is 2.54 bits per heavy atom. The zero-order valence-electron chi connectivity index (χ0n) is 7.76. The maximum atomic E-state index is 5.59. The number of rotatable bonds is 5. The van der Waals surface area contributed by atoms with Crippen LogP contribution in [0.3, 0.4) is 0 Å². The fourth-order valence-electron chi connectivity index (χ4n) is 1.04. The molecule has 0 aliphatic rings. The number of nitrogens with one attached hydrogen (secondary N) is 1. The van der Waals surface area contributed by atoms with E-state index in [-0.39, 0.29) is 0 Å². The number of hydrogen-bond donors (Lipinski definition) is 1. The van der Waals surface area contributed by atoms with Crippen molar-refractivity contribution in [3.05, 3.63) is 29.6 Å². The molecule has 0 aliphatic carbocycles. The van der Waals surface area contributed by atoms with E-state index in [9.17, 15) is 0 Å². The second-order valence-electron chi connectivity index (χ2n) is 2.92. The lowest BCUT2D eigenvalue weighted by Gasteiger charge is -2.00. The summed E-state index contributed by atoms with van der Waals surface area (Å²) in [5.41, 5.74) is 1.09. The van der Waals surface area contributed by atoms with Crippen LogP contribution in [0.4, 0.5) is 0 Å². The summed E-state index contributed by atoms with van der Waals surface area (Å²) in [4.78, 5) is 0. The number of hydrogen-bond acceptors (Lipinski definition) is 2. The molecular weight excluding hydrogens is 186 g/mol. The van der Waals surface area contributed by atoms with Crippen LogP contribution in [0.2, 0.25) is 0 Å². The first kappa shape index (κ1) is 10.3. The van der Waals surface area contributed by atoms with Gasteiger partial charge in [-0.3, -0.25) is 4.68 Å². The molecule has 1 aromatic rings. The number of halogens is 1. The van der Waals surface area contributed by atoms with Crippen molar-refractivity contribution in [2.75, 3.05) is 13.1 Å². The van der Waals surface area contributed by atoms with Gasteiger partial charge in [0.2, 0.25) is 0 Å². The van der Waals surface area contributed by atoms with Gasteiger partial charge in [-0.2, -0.15) is 5.10 Å². The van der Waals surface area contributed by atoms with Gasteiger partial charge in [-0.25, -0.2) is 0 Å². The van der Waals surface area contributed by atoms with Gasteiger partial charge in [0.15, 0.2) is 0 Å². The van der Waals surface area contributed by atoms with Crippen LogP contribution in [0.1, 0.15) is 5.69 Å². The van der Waals surface area contributed by atoms with Crippen LogP contribution in [0.15, 0.2) is 23.9 Å². The molecular formula is C9H14ClN3. The third-order valence-corrected chi connectivity index (χ3v) is 1.78. The Balaban J connectivity index is 2.16. The number of aromatic nitrogens is 2. The summed E-state index contributed by atoms with van der Waals surface area (Å²) in [6.07, 6.45) is 2.86. The number of aryl methyl sites for hydroxylation is 1. The lowest BCUT2D eigenvalue weighted by atomic mass is 10.3. The zero-order chi connectivity index (χ0) is 9.68. The quantitative estimate of drug-likeness (QED) is 0.725. The molecule has 0 radical (unpaired) electrons. The van der Waals surface area contributed by atoms with Crippen molar-refractivity contribution < 1.29 is 0 Å². The average molecular weight is 200 g/mol.